The monoisotopic (exact) mass is 470 g/mol. The molecule has 33 heavy (non-hydrogen) atoms. The number of nitrogens with zero attached hydrogens (tertiary/aromatic N) is 5. The van der Waals surface area contributed by atoms with Crippen LogP contribution in [-0.4, -0.2) is 70.6 Å². The van der Waals surface area contributed by atoms with Gasteiger partial charge in [-0.1, -0.05) is 13.3 Å². The molecule has 5 rings (SSSR count). The van der Waals surface area contributed by atoms with E-state index in [9.17, 15) is 13.2 Å². The van der Waals surface area contributed by atoms with Crippen LogP contribution in [0.4, 0.5) is 0 Å². The number of H-pyrrole nitrogens is 1. The highest BCUT2D eigenvalue weighted by Gasteiger charge is 2.29. The van der Waals surface area contributed by atoms with Gasteiger partial charge in [0, 0.05) is 38.6 Å². The Bertz CT molecular complexity index is 1510. The van der Waals surface area contributed by atoms with Crippen molar-refractivity contribution in [1.29, 1.82) is 0 Å². The number of fused-ring (bicyclic) bond motifs is 2. The topological polar surface area (TPSA) is 117 Å². The standard InChI is InChI=1S/C22H26N6O4S/c1-4-5-17-18-19(27(3)25-17)22(29)24-21(23-18)16-13-15(12-14-6-11-32-20(14)16)33(30,31)28-9-7-26(2)8-10-28/h6,11-13H,4-5,7-10H2,1-3H3,(H,23,24,29). The molecular formula is C22H26N6O4S. The van der Waals surface area contributed by atoms with E-state index in [1.807, 2.05) is 14.0 Å². The zero-order valence-corrected chi connectivity index (χ0v) is 19.6. The van der Waals surface area contributed by atoms with Gasteiger partial charge in [0.2, 0.25) is 10.0 Å². The molecule has 0 spiro atoms. The van der Waals surface area contributed by atoms with Crippen LogP contribution in [0.3, 0.4) is 0 Å². The molecule has 1 fully saturated rings. The first-order valence-corrected chi connectivity index (χ1v) is 12.4. The summed E-state index contributed by atoms with van der Waals surface area (Å²) in [6.07, 6.45) is 3.04. The van der Waals surface area contributed by atoms with Gasteiger partial charge in [-0.2, -0.15) is 9.40 Å². The number of hydrogen-bond donors (Lipinski definition) is 1. The van der Waals surface area contributed by atoms with Gasteiger partial charge in [-0.05, 0) is 31.7 Å². The summed E-state index contributed by atoms with van der Waals surface area (Å²) in [6.45, 7) is 4.23. The normalized spacial score (nSPS) is 16.2. The molecule has 1 N–H and O–H groups in total. The first-order valence-electron chi connectivity index (χ1n) is 11.0. The lowest BCUT2D eigenvalue weighted by atomic mass is 10.1. The van der Waals surface area contributed by atoms with E-state index >= 15 is 0 Å². The van der Waals surface area contributed by atoms with Crippen LogP contribution in [-0.2, 0) is 23.5 Å². The van der Waals surface area contributed by atoms with Crippen molar-refractivity contribution in [2.24, 2.45) is 7.05 Å². The fourth-order valence-corrected chi connectivity index (χ4v) is 5.82. The van der Waals surface area contributed by atoms with E-state index < -0.39 is 10.0 Å². The number of benzene rings is 1. The Balaban J connectivity index is 1.69. The largest absolute Gasteiger partial charge is 0.464 e. The van der Waals surface area contributed by atoms with Crippen molar-refractivity contribution in [3.63, 3.8) is 0 Å². The molecule has 0 saturated carbocycles. The van der Waals surface area contributed by atoms with Crippen LogP contribution in [0.25, 0.3) is 33.4 Å². The third-order valence-corrected chi connectivity index (χ3v) is 8.01. The van der Waals surface area contributed by atoms with E-state index in [-0.39, 0.29) is 16.3 Å². The van der Waals surface area contributed by atoms with Crippen molar-refractivity contribution in [2.45, 2.75) is 24.7 Å². The molecule has 0 bridgehead atoms. The summed E-state index contributed by atoms with van der Waals surface area (Å²) in [5.41, 5.74) is 2.20. The van der Waals surface area contributed by atoms with Gasteiger partial charge in [-0.15, -0.1) is 0 Å². The van der Waals surface area contributed by atoms with Crippen molar-refractivity contribution < 1.29 is 12.8 Å². The number of likely N-dealkylation sites (N-methyl/N-ethyl adjacent to an activating group) is 1. The number of nitrogens with one attached hydrogen (secondary N) is 1. The highest BCUT2D eigenvalue weighted by atomic mass is 32.2. The predicted octanol–water partition coefficient (Wildman–Crippen LogP) is 1.96. The zero-order valence-electron chi connectivity index (χ0n) is 18.8. The molecule has 1 saturated heterocycles. The van der Waals surface area contributed by atoms with Crippen molar-refractivity contribution in [3.05, 3.63) is 40.5 Å². The molecule has 0 atom stereocenters. The van der Waals surface area contributed by atoms with Crippen molar-refractivity contribution in [1.82, 2.24) is 29.0 Å². The molecule has 1 aromatic carbocycles. The van der Waals surface area contributed by atoms with Crippen molar-refractivity contribution in [3.8, 4) is 11.4 Å². The molecule has 4 aromatic rings. The third kappa shape index (κ3) is 3.65. The quantitative estimate of drug-likeness (QED) is 0.474. The van der Waals surface area contributed by atoms with E-state index in [2.05, 4.69) is 15.0 Å². The van der Waals surface area contributed by atoms with Gasteiger partial charge in [0.15, 0.2) is 5.52 Å². The number of rotatable bonds is 5. The molecule has 4 heterocycles. The molecule has 0 aliphatic carbocycles. The summed E-state index contributed by atoms with van der Waals surface area (Å²) in [6, 6.07) is 4.86. The number of furan rings is 1. The van der Waals surface area contributed by atoms with E-state index in [1.54, 1.807) is 25.2 Å². The number of hydrogen-bond acceptors (Lipinski definition) is 7. The molecule has 1 aliphatic heterocycles. The Morgan fingerprint density at radius 3 is 2.64 bits per heavy atom. The Morgan fingerprint density at radius 2 is 1.91 bits per heavy atom. The molecular weight excluding hydrogens is 444 g/mol. The molecule has 1 aliphatic rings. The second kappa shape index (κ2) is 8.08. The molecule has 10 nitrogen and oxygen atoms in total. The number of sulfonamides is 1. The van der Waals surface area contributed by atoms with Crippen LogP contribution >= 0.6 is 0 Å². The van der Waals surface area contributed by atoms with Crippen LogP contribution in [0.2, 0.25) is 0 Å². The van der Waals surface area contributed by atoms with Crippen LogP contribution in [0.15, 0.2) is 38.6 Å². The maximum atomic E-state index is 13.4. The van der Waals surface area contributed by atoms with Gasteiger partial charge in [0.1, 0.15) is 16.9 Å². The number of piperazine rings is 1. The SMILES string of the molecule is CCCc1nn(C)c2c(=O)[nH]c(-c3cc(S(=O)(=O)N4CCN(C)CC4)cc4ccoc34)nc12. The zero-order chi connectivity index (χ0) is 23.3. The summed E-state index contributed by atoms with van der Waals surface area (Å²) in [4.78, 5) is 22.7. The number of aromatic nitrogens is 4. The first kappa shape index (κ1) is 21.8. The van der Waals surface area contributed by atoms with Crippen LogP contribution in [0.5, 0.6) is 0 Å². The molecule has 0 radical (unpaired) electrons. The lowest BCUT2D eigenvalue weighted by molar-refractivity contribution is 0.222. The Hall–Kier alpha value is -3.02. The average Bonchev–Trinajstić information content (AvgIpc) is 3.38. The predicted molar refractivity (Wildman–Crippen MR) is 125 cm³/mol. The maximum Gasteiger partial charge on any atom is 0.277 e. The molecule has 0 unspecified atom stereocenters. The second-order valence-electron chi connectivity index (χ2n) is 8.45. The fourth-order valence-electron chi connectivity index (χ4n) is 4.34. The minimum Gasteiger partial charge on any atom is -0.464 e. The second-order valence-corrected chi connectivity index (χ2v) is 10.4. The summed E-state index contributed by atoms with van der Waals surface area (Å²) >= 11 is 0. The minimum atomic E-state index is -3.72. The van der Waals surface area contributed by atoms with Gasteiger partial charge < -0.3 is 14.3 Å². The lowest BCUT2D eigenvalue weighted by Crippen LogP contribution is -2.47. The van der Waals surface area contributed by atoms with E-state index in [1.165, 1.54) is 15.3 Å². The van der Waals surface area contributed by atoms with E-state index in [0.717, 1.165) is 12.1 Å². The number of aromatic amines is 1. The smallest absolute Gasteiger partial charge is 0.277 e. The van der Waals surface area contributed by atoms with Crippen LogP contribution in [0, 0.1) is 0 Å². The summed E-state index contributed by atoms with van der Waals surface area (Å²) < 4.78 is 35.6. The van der Waals surface area contributed by atoms with Crippen LogP contribution in [0.1, 0.15) is 19.0 Å². The Labute approximate surface area is 190 Å². The fraction of sp³-hybridized carbons (Fsp3) is 0.409. The van der Waals surface area contributed by atoms with Gasteiger partial charge in [-0.3, -0.25) is 9.48 Å². The molecule has 0 amide bonds. The molecule has 11 heteroatoms. The Kier molecular flexibility index (Phi) is 5.34. The van der Waals surface area contributed by atoms with Gasteiger partial charge in [0.25, 0.3) is 5.56 Å². The highest BCUT2D eigenvalue weighted by Crippen LogP contribution is 2.32. The van der Waals surface area contributed by atoms with Gasteiger partial charge in [-0.25, -0.2) is 13.4 Å². The Morgan fingerprint density at radius 1 is 1.15 bits per heavy atom. The van der Waals surface area contributed by atoms with E-state index in [0.29, 0.717) is 60.2 Å². The van der Waals surface area contributed by atoms with Crippen LogP contribution < -0.4 is 5.56 Å². The molecule has 174 valence electrons. The van der Waals surface area contributed by atoms with Crippen molar-refractivity contribution in [2.75, 3.05) is 33.2 Å². The summed E-state index contributed by atoms with van der Waals surface area (Å²) in [7, 11) is -0.0323. The summed E-state index contributed by atoms with van der Waals surface area (Å²) in [5.74, 6) is 0.258. The first-order chi connectivity index (χ1) is 15.8. The van der Waals surface area contributed by atoms with Gasteiger partial charge >= 0.3 is 0 Å². The third-order valence-electron chi connectivity index (χ3n) is 6.13. The van der Waals surface area contributed by atoms with E-state index in [4.69, 9.17) is 9.40 Å². The highest BCUT2D eigenvalue weighted by molar-refractivity contribution is 7.89. The van der Waals surface area contributed by atoms with Crippen molar-refractivity contribution >= 4 is 32.0 Å². The van der Waals surface area contributed by atoms with Gasteiger partial charge in [0.05, 0.1) is 22.4 Å². The average molecular weight is 471 g/mol. The summed E-state index contributed by atoms with van der Waals surface area (Å²) in [5, 5.41) is 5.08. The molecule has 3 aromatic heterocycles. The number of aryl methyl sites for hydroxylation is 2. The minimum absolute atomic E-state index is 0.152. The maximum absolute atomic E-state index is 13.4. The lowest BCUT2D eigenvalue weighted by Gasteiger charge is -2.31.